The number of hydrogen-bond donors (Lipinski definition) is 2. The van der Waals surface area contributed by atoms with Gasteiger partial charge in [-0.3, -0.25) is 4.98 Å². The maximum absolute atomic E-state index is 8.79. The summed E-state index contributed by atoms with van der Waals surface area (Å²) in [6.07, 6.45) is 8.38. The summed E-state index contributed by atoms with van der Waals surface area (Å²) in [4.78, 5) is 3.85. The lowest BCUT2D eigenvalue weighted by Crippen LogP contribution is -2.15. The molecule has 1 aromatic heterocycles. The Morgan fingerprint density at radius 2 is 2.50 bits per heavy atom. The molecule has 1 aromatic rings. The Kier molecular flexibility index (Phi) is 2.81. The zero-order valence-electron chi connectivity index (χ0n) is 6.57. The van der Waals surface area contributed by atoms with Crippen LogP contribution in [-0.4, -0.2) is 16.7 Å². The van der Waals surface area contributed by atoms with Gasteiger partial charge in [-0.25, -0.2) is 0 Å². The highest BCUT2D eigenvalue weighted by atomic mass is 16.3. The van der Waals surface area contributed by atoms with Crippen LogP contribution in [0.2, 0.25) is 0 Å². The van der Waals surface area contributed by atoms with Gasteiger partial charge in [0.15, 0.2) is 0 Å². The van der Waals surface area contributed by atoms with Crippen LogP contribution in [0.5, 0.6) is 0 Å². The first-order valence-corrected chi connectivity index (χ1v) is 3.56. The van der Waals surface area contributed by atoms with Gasteiger partial charge in [-0.05, 0) is 11.6 Å². The average molecular weight is 162 g/mol. The fourth-order valence-electron chi connectivity index (χ4n) is 0.947. The predicted octanol–water partition coefficient (Wildman–Crippen LogP) is 0.0550. The van der Waals surface area contributed by atoms with Crippen molar-refractivity contribution in [1.82, 2.24) is 4.98 Å². The van der Waals surface area contributed by atoms with Crippen molar-refractivity contribution in [2.24, 2.45) is 5.73 Å². The largest absolute Gasteiger partial charge is 0.394 e. The molecule has 62 valence electrons. The quantitative estimate of drug-likeness (QED) is 0.604. The van der Waals surface area contributed by atoms with Gasteiger partial charge < -0.3 is 10.8 Å². The molecule has 0 saturated heterocycles. The lowest BCUT2D eigenvalue weighted by atomic mass is 10.0. The van der Waals surface area contributed by atoms with Crippen molar-refractivity contribution in [2.45, 2.75) is 6.04 Å². The number of aliphatic hydroxyl groups is 1. The van der Waals surface area contributed by atoms with Crippen LogP contribution in [0.25, 0.3) is 0 Å². The van der Waals surface area contributed by atoms with Gasteiger partial charge in [-0.1, -0.05) is 5.92 Å². The molecule has 0 aliphatic rings. The van der Waals surface area contributed by atoms with Gasteiger partial charge in [0.05, 0.1) is 12.6 Å². The number of aliphatic hydroxyl groups excluding tert-OH is 1. The van der Waals surface area contributed by atoms with Crippen molar-refractivity contribution in [3.8, 4) is 12.3 Å². The van der Waals surface area contributed by atoms with Crippen LogP contribution in [0, 0.1) is 12.3 Å². The summed E-state index contributed by atoms with van der Waals surface area (Å²) in [5.74, 6) is 2.46. The van der Waals surface area contributed by atoms with Crippen molar-refractivity contribution in [2.75, 3.05) is 6.61 Å². The zero-order valence-corrected chi connectivity index (χ0v) is 6.57. The van der Waals surface area contributed by atoms with Crippen molar-refractivity contribution in [3.63, 3.8) is 0 Å². The molecule has 1 atom stereocenters. The minimum Gasteiger partial charge on any atom is -0.394 e. The lowest BCUT2D eigenvalue weighted by Gasteiger charge is -2.09. The van der Waals surface area contributed by atoms with Crippen LogP contribution >= 0.6 is 0 Å². The van der Waals surface area contributed by atoms with Gasteiger partial charge in [0.25, 0.3) is 0 Å². The second kappa shape index (κ2) is 3.86. The first kappa shape index (κ1) is 8.72. The first-order valence-electron chi connectivity index (χ1n) is 3.56. The van der Waals surface area contributed by atoms with Crippen LogP contribution in [-0.2, 0) is 0 Å². The Morgan fingerprint density at radius 3 is 3.08 bits per heavy atom. The highest BCUT2D eigenvalue weighted by Gasteiger charge is 2.07. The Morgan fingerprint density at radius 1 is 1.75 bits per heavy atom. The Labute approximate surface area is 71.2 Å². The molecule has 3 heteroatoms. The van der Waals surface area contributed by atoms with E-state index in [0.29, 0.717) is 5.56 Å². The molecule has 0 aliphatic carbocycles. The predicted molar refractivity (Wildman–Crippen MR) is 46.2 cm³/mol. The van der Waals surface area contributed by atoms with Crippen LogP contribution < -0.4 is 5.73 Å². The van der Waals surface area contributed by atoms with Gasteiger partial charge in [-0.15, -0.1) is 6.42 Å². The van der Waals surface area contributed by atoms with E-state index in [9.17, 15) is 0 Å². The normalized spacial score (nSPS) is 12.1. The summed E-state index contributed by atoms with van der Waals surface area (Å²) >= 11 is 0. The molecule has 0 aromatic carbocycles. The molecular weight excluding hydrogens is 152 g/mol. The molecule has 1 rings (SSSR count). The molecule has 12 heavy (non-hydrogen) atoms. The number of nitrogens with two attached hydrogens (primary N) is 1. The maximum atomic E-state index is 8.79. The average Bonchev–Trinajstić information content (AvgIpc) is 2.16. The van der Waals surface area contributed by atoms with Crippen LogP contribution in [0.3, 0.4) is 0 Å². The smallest absolute Gasteiger partial charge is 0.0624 e. The van der Waals surface area contributed by atoms with E-state index in [0.717, 1.165) is 5.56 Å². The van der Waals surface area contributed by atoms with Crippen molar-refractivity contribution in [3.05, 3.63) is 29.6 Å². The molecule has 3 nitrogen and oxygen atoms in total. The summed E-state index contributed by atoms with van der Waals surface area (Å²) in [5.41, 5.74) is 6.99. The molecule has 0 aliphatic heterocycles. The van der Waals surface area contributed by atoms with Gasteiger partial charge in [0.1, 0.15) is 0 Å². The number of pyridine rings is 1. The van der Waals surface area contributed by atoms with E-state index in [-0.39, 0.29) is 6.61 Å². The summed E-state index contributed by atoms with van der Waals surface area (Å²) in [6.45, 7) is -0.112. The molecule has 0 bridgehead atoms. The molecule has 0 spiro atoms. The Hall–Kier alpha value is -1.37. The maximum Gasteiger partial charge on any atom is 0.0624 e. The zero-order chi connectivity index (χ0) is 8.97. The summed E-state index contributed by atoms with van der Waals surface area (Å²) in [7, 11) is 0. The van der Waals surface area contributed by atoms with Gasteiger partial charge in [-0.2, -0.15) is 0 Å². The van der Waals surface area contributed by atoms with E-state index in [2.05, 4.69) is 10.9 Å². The topological polar surface area (TPSA) is 59.1 Å². The van der Waals surface area contributed by atoms with Crippen LogP contribution in [0.15, 0.2) is 18.5 Å². The van der Waals surface area contributed by atoms with Crippen LogP contribution in [0.4, 0.5) is 0 Å². The number of hydrogen-bond acceptors (Lipinski definition) is 3. The number of rotatable bonds is 2. The summed E-state index contributed by atoms with van der Waals surface area (Å²) in [6, 6.07) is 1.30. The Bertz CT molecular complexity index is 304. The third-order valence-electron chi connectivity index (χ3n) is 1.61. The lowest BCUT2D eigenvalue weighted by molar-refractivity contribution is 0.268. The first-order chi connectivity index (χ1) is 5.79. The van der Waals surface area contributed by atoms with Gasteiger partial charge >= 0.3 is 0 Å². The standard InChI is InChI=1S/C9H10N2O/c1-2-7-5-11-4-3-8(7)9(10)6-12/h1,3-5,9,12H,6,10H2/t9-/m0/s1. The van der Waals surface area contributed by atoms with E-state index in [1.165, 1.54) is 0 Å². The third kappa shape index (κ3) is 1.62. The minimum absolute atomic E-state index is 0.112. The van der Waals surface area contributed by atoms with Crippen molar-refractivity contribution in [1.29, 1.82) is 0 Å². The Balaban J connectivity index is 3.07. The minimum atomic E-state index is -0.418. The fourth-order valence-corrected chi connectivity index (χ4v) is 0.947. The van der Waals surface area contributed by atoms with E-state index < -0.39 is 6.04 Å². The van der Waals surface area contributed by atoms with E-state index in [1.807, 2.05) is 0 Å². The van der Waals surface area contributed by atoms with E-state index >= 15 is 0 Å². The fraction of sp³-hybridized carbons (Fsp3) is 0.222. The monoisotopic (exact) mass is 162 g/mol. The molecule has 3 N–H and O–H groups in total. The van der Waals surface area contributed by atoms with Gasteiger partial charge in [0, 0.05) is 18.0 Å². The van der Waals surface area contributed by atoms with E-state index in [1.54, 1.807) is 18.5 Å². The molecule has 0 fully saturated rings. The second-order valence-electron chi connectivity index (χ2n) is 2.40. The van der Waals surface area contributed by atoms with Crippen molar-refractivity contribution >= 4 is 0 Å². The summed E-state index contributed by atoms with van der Waals surface area (Å²) in [5, 5.41) is 8.79. The van der Waals surface area contributed by atoms with Crippen molar-refractivity contribution < 1.29 is 5.11 Å². The SMILES string of the molecule is C#Cc1cnccc1[C@@H](N)CO. The number of terminal acetylenes is 1. The molecule has 0 radical (unpaired) electrons. The van der Waals surface area contributed by atoms with Crippen LogP contribution in [0.1, 0.15) is 17.2 Å². The molecule has 0 unspecified atom stereocenters. The molecule has 0 amide bonds. The van der Waals surface area contributed by atoms with Gasteiger partial charge in [0.2, 0.25) is 0 Å². The molecule has 0 saturated carbocycles. The molecule has 1 heterocycles. The molecular formula is C9H10N2O. The van der Waals surface area contributed by atoms with E-state index in [4.69, 9.17) is 17.3 Å². The number of aromatic nitrogens is 1. The second-order valence-corrected chi connectivity index (χ2v) is 2.40. The number of nitrogens with zero attached hydrogens (tertiary/aromatic N) is 1. The highest BCUT2D eigenvalue weighted by Crippen LogP contribution is 2.12. The summed E-state index contributed by atoms with van der Waals surface area (Å²) < 4.78 is 0. The highest BCUT2D eigenvalue weighted by molar-refractivity contribution is 5.39. The third-order valence-corrected chi connectivity index (χ3v) is 1.61.